The van der Waals surface area contributed by atoms with Gasteiger partial charge in [-0.3, -0.25) is 4.79 Å². The summed E-state index contributed by atoms with van der Waals surface area (Å²) in [6, 6.07) is 5.74. The predicted molar refractivity (Wildman–Crippen MR) is 119 cm³/mol. The summed E-state index contributed by atoms with van der Waals surface area (Å²) in [5.41, 5.74) is 0.653. The molecule has 3 rings (SSSR count). The Morgan fingerprint density at radius 1 is 1.19 bits per heavy atom. The molecule has 10 heteroatoms. The Labute approximate surface area is 189 Å². The van der Waals surface area contributed by atoms with Crippen LogP contribution in [-0.4, -0.2) is 33.6 Å². The topological polar surface area (TPSA) is 106 Å². The molecule has 0 aliphatic carbocycles. The van der Waals surface area contributed by atoms with Gasteiger partial charge in [0, 0.05) is 17.0 Å². The highest BCUT2D eigenvalue weighted by Gasteiger charge is 2.23. The van der Waals surface area contributed by atoms with Crippen LogP contribution in [0.1, 0.15) is 51.0 Å². The van der Waals surface area contributed by atoms with Crippen LogP contribution in [0.3, 0.4) is 0 Å². The van der Waals surface area contributed by atoms with Crippen LogP contribution in [0.2, 0.25) is 0 Å². The van der Waals surface area contributed by atoms with E-state index >= 15 is 0 Å². The number of carbonyl (C=O) groups excluding carboxylic acids is 2. The van der Waals surface area contributed by atoms with Crippen molar-refractivity contribution in [1.29, 1.82) is 0 Å². The second kappa shape index (κ2) is 9.47. The molecule has 0 spiro atoms. The summed E-state index contributed by atoms with van der Waals surface area (Å²) < 4.78 is 24.5. The first-order chi connectivity index (χ1) is 15.0. The third-order valence-electron chi connectivity index (χ3n) is 3.92. The molecule has 170 valence electrons. The Morgan fingerprint density at radius 3 is 2.50 bits per heavy atom. The Hall–Kier alpha value is -3.27. The zero-order valence-electron chi connectivity index (χ0n) is 18.5. The number of hydrogen-bond acceptors (Lipinski definition) is 7. The normalized spacial score (nSPS) is 11.5. The lowest BCUT2D eigenvalue weighted by Crippen LogP contribution is -2.32. The van der Waals surface area contributed by atoms with Gasteiger partial charge in [0.25, 0.3) is 5.91 Å². The molecular formula is C22H25FN4O4S. The molecular weight excluding hydrogens is 435 g/mol. The van der Waals surface area contributed by atoms with Gasteiger partial charge >= 0.3 is 6.09 Å². The minimum absolute atomic E-state index is 0.0187. The van der Waals surface area contributed by atoms with Gasteiger partial charge in [-0.25, -0.2) is 19.2 Å². The van der Waals surface area contributed by atoms with Crippen LogP contribution in [0.25, 0.3) is 22.0 Å². The van der Waals surface area contributed by atoms with Gasteiger partial charge in [-0.15, -0.1) is 11.3 Å². The third kappa shape index (κ3) is 6.13. The average molecular weight is 461 g/mol. The van der Waals surface area contributed by atoms with Crippen LogP contribution in [0.5, 0.6) is 0 Å². The second-order valence-electron chi connectivity index (χ2n) is 8.31. The van der Waals surface area contributed by atoms with E-state index in [1.54, 1.807) is 38.3 Å². The highest BCUT2D eigenvalue weighted by atomic mass is 32.1. The number of alkyl carbamates (subject to hydrolysis) is 1. The lowest BCUT2D eigenvalue weighted by molar-refractivity contribution is 0.0518. The molecule has 2 heterocycles. The maximum Gasteiger partial charge on any atom is 0.408 e. The van der Waals surface area contributed by atoms with Crippen molar-refractivity contribution in [2.45, 2.75) is 52.8 Å². The number of ether oxygens (including phenoxy) is 1. The van der Waals surface area contributed by atoms with Crippen molar-refractivity contribution in [3.8, 4) is 22.0 Å². The molecule has 0 bridgehead atoms. The highest BCUT2D eigenvalue weighted by Crippen LogP contribution is 2.34. The maximum atomic E-state index is 13.4. The minimum atomic E-state index is -0.640. The molecule has 0 fully saturated rings. The molecule has 2 aromatic heterocycles. The number of halogens is 1. The third-order valence-corrected chi connectivity index (χ3v) is 4.76. The first-order valence-corrected chi connectivity index (χ1v) is 10.9. The molecule has 3 aromatic rings. The van der Waals surface area contributed by atoms with E-state index in [-0.39, 0.29) is 35.9 Å². The molecule has 0 aliphatic heterocycles. The molecule has 0 saturated carbocycles. The molecule has 32 heavy (non-hydrogen) atoms. The summed E-state index contributed by atoms with van der Waals surface area (Å²) in [5.74, 6) is -0.135. The molecule has 2 N–H and O–H groups in total. The molecule has 0 radical (unpaired) electrons. The van der Waals surface area contributed by atoms with Crippen LogP contribution in [-0.2, 0) is 11.3 Å². The number of carbonyl (C=O) groups is 2. The van der Waals surface area contributed by atoms with Gasteiger partial charge in [-0.1, -0.05) is 0 Å². The highest BCUT2D eigenvalue weighted by molar-refractivity contribution is 7.13. The van der Waals surface area contributed by atoms with Crippen molar-refractivity contribution in [2.24, 2.45) is 0 Å². The summed E-state index contributed by atoms with van der Waals surface area (Å²) in [4.78, 5) is 33.1. The van der Waals surface area contributed by atoms with Crippen LogP contribution in [0.15, 0.2) is 34.1 Å². The van der Waals surface area contributed by atoms with E-state index in [4.69, 9.17) is 9.15 Å². The van der Waals surface area contributed by atoms with Crippen molar-refractivity contribution in [3.63, 3.8) is 0 Å². The number of hydrogen-bond donors (Lipinski definition) is 2. The number of benzene rings is 1. The van der Waals surface area contributed by atoms with Gasteiger partial charge in [0.05, 0.1) is 6.54 Å². The van der Waals surface area contributed by atoms with Gasteiger partial charge in [-0.05, 0) is 58.9 Å². The summed E-state index contributed by atoms with van der Waals surface area (Å²) in [5, 5.41) is 7.45. The smallest absolute Gasteiger partial charge is 0.408 e. The van der Waals surface area contributed by atoms with Crippen molar-refractivity contribution in [1.82, 2.24) is 20.6 Å². The fourth-order valence-electron chi connectivity index (χ4n) is 2.67. The molecule has 0 saturated heterocycles. The first-order valence-electron chi connectivity index (χ1n) is 10.0. The molecule has 0 aliphatic rings. The Bertz CT molecular complexity index is 1100. The lowest BCUT2D eigenvalue weighted by atomic mass is 10.1. The van der Waals surface area contributed by atoms with Crippen LogP contribution >= 0.6 is 11.3 Å². The largest absolute Gasteiger partial charge is 0.444 e. The fraction of sp³-hybridized carbons (Fsp3) is 0.364. The monoisotopic (exact) mass is 460 g/mol. The van der Waals surface area contributed by atoms with Gasteiger partial charge < -0.3 is 19.8 Å². The van der Waals surface area contributed by atoms with Crippen LogP contribution in [0, 0.1) is 5.82 Å². The number of aromatic nitrogens is 2. The molecule has 0 atom stereocenters. The minimum Gasteiger partial charge on any atom is -0.444 e. The molecule has 0 unspecified atom stereocenters. The van der Waals surface area contributed by atoms with Gasteiger partial charge in [0.2, 0.25) is 5.89 Å². The summed E-state index contributed by atoms with van der Waals surface area (Å²) >= 11 is 1.22. The Balaban J connectivity index is 1.90. The summed E-state index contributed by atoms with van der Waals surface area (Å²) in [7, 11) is 0. The number of amides is 2. The Morgan fingerprint density at radius 2 is 1.88 bits per heavy atom. The van der Waals surface area contributed by atoms with Crippen molar-refractivity contribution < 1.29 is 23.1 Å². The van der Waals surface area contributed by atoms with E-state index in [0.29, 0.717) is 22.0 Å². The van der Waals surface area contributed by atoms with E-state index < -0.39 is 11.7 Å². The van der Waals surface area contributed by atoms with E-state index in [0.717, 1.165) is 0 Å². The number of nitrogens with zero attached hydrogens (tertiary/aromatic N) is 2. The lowest BCUT2D eigenvalue weighted by Gasteiger charge is -2.19. The number of nitrogens with one attached hydrogen (secondary N) is 2. The van der Waals surface area contributed by atoms with E-state index in [2.05, 4.69) is 20.6 Å². The summed E-state index contributed by atoms with van der Waals surface area (Å²) in [6.45, 7) is 8.99. The molecule has 1 aromatic carbocycles. The second-order valence-corrected chi connectivity index (χ2v) is 9.17. The average Bonchev–Trinajstić information content (AvgIpc) is 3.32. The van der Waals surface area contributed by atoms with Gasteiger partial charge in [0.15, 0.2) is 10.8 Å². The van der Waals surface area contributed by atoms with E-state index in [1.165, 1.54) is 23.5 Å². The van der Waals surface area contributed by atoms with Crippen molar-refractivity contribution in [2.75, 3.05) is 0 Å². The van der Waals surface area contributed by atoms with Crippen LogP contribution in [0.4, 0.5) is 9.18 Å². The number of rotatable bonds is 6. The zero-order valence-corrected chi connectivity index (χ0v) is 19.3. The van der Waals surface area contributed by atoms with Gasteiger partial charge in [-0.2, -0.15) is 0 Å². The Kier molecular flexibility index (Phi) is 6.93. The fourth-order valence-corrected chi connectivity index (χ4v) is 3.45. The van der Waals surface area contributed by atoms with Crippen molar-refractivity contribution >= 4 is 23.3 Å². The standard InChI is InChI=1S/C22H25FN4O4S/c1-12(2)25-19(28)15-11-32-20(26-15)18-17(13-6-8-14(23)9-7-13)27-16(30-18)10-24-21(29)31-22(3,4)5/h6-9,11-12H,10H2,1-5H3,(H,24,29)(H,25,28). The zero-order chi connectivity index (χ0) is 23.5. The number of oxazole rings is 1. The SMILES string of the molecule is CC(C)NC(=O)c1csc(-c2oc(CNC(=O)OC(C)(C)C)nc2-c2ccc(F)cc2)n1. The quantitative estimate of drug-likeness (QED) is 0.549. The van der Waals surface area contributed by atoms with Crippen molar-refractivity contribution in [3.05, 3.63) is 47.0 Å². The number of thiazole rings is 1. The molecule has 2 amide bonds. The van der Waals surface area contributed by atoms with E-state index in [9.17, 15) is 14.0 Å². The van der Waals surface area contributed by atoms with Gasteiger partial charge in [0.1, 0.15) is 22.8 Å². The van der Waals surface area contributed by atoms with E-state index in [1.807, 2.05) is 13.8 Å². The molecule has 8 nitrogen and oxygen atoms in total. The predicted octanol–water partition coefficient (Wildman–Crippen LogP) is 4.77. The summed E-state index contributed by atoms with van der Waals surface area (Å²) in [6.07, 6.45) is -0.609. The van der Waals surface area contributed by atoms with Crippen LogP contribution < -0.4 is 10.6 Å². The maximum absolute atomic E-state index is 13.4. The first kappa shape index (κ1) is 23.4.